The van der Waals surface area contributed by atoms with Gasteiger partial charge in [-0.25, -0.2) is 4.79 Å². The second-order valence-corrected chi connectivity index (χ2v) is 7.11. The third-order valence-electron chi connectivity index (χ3n) is 4.83. The number of ether oxygens (including phenoxy) is 2. The number of imide groups is 1. The van der Waals surface area contributed by atoms with Gasteiger partial charge in [-0.1, -0.05) is 42.8 Å². The monoisotopic (exact) mass is 394 g/mol. The van der Waals surface area contributed by atoms with Crippen LogP contribution in [-0.2, 0) is 11.3 Å². The van der Waals surface area contributed by atoms with E-state index >= 15 is 0 Å². The van der Waals surface area contributed by atoms with E-state index < -0.39 is 6.03 Å². The van der Waals surface area contributed by atoms with E-state index in [4.69, 9.17) is 9.47 Å². The quantitative estimate of drug-likeness (QED) is 0.562. The molecule has 3 amide bonds. The normalized spacial score (nSPS) is 16.1. The smallest absolute Gasteiger partial charge is 0.329 e. The van der Waals surface area contributed by atoms with Crippen molar-refractivity contribution in [2.45, 2.75) is 39.8 Å². The maximum Gasteiger partial charge on any atom is 0.329 e. The topological polar surface area (TPSA) is 67.9 Å². The third kappa shape index (κ3) is 4.77. The molecule has 0 aliphatic carbocycles. The maximum atomic E-state index is 12.7. The fraction of sp³-hybridized carbons (Fsp3) is 0.304. The predicted molar refractivity (Wildman–Crippen MR) is 112 cm³/mol. The highest BCUT2D eigenvalue weighted by atomic mass is 16.5. The first kappa shape index (κ1) is 20.5. The van der Waals surface area contributed by atoms with Crippen LogP contribution in [0.25, 0.3) is 6.08 Å². The molecule has 0 saturated carbocycles. The van der Waals surface area contributed by atoms with Crippen molar-refractivity contribution in [3.8, 4) is 11.5 Å². The third-order valence-corrected chi connectivity index (χ3v) is 4.83. The summed E-state index contributed by atoms with van der Waals surface area (Å²) in [5.41, 5.74) is 2.99. The fourth-order valence-electron chi connectivity index (χ4n) is 2.93. The number of nitrogens with zero attached hydrogens (tertiary/aromatic N) is 1. The van der Waals surface area contributed by atoms with Gasteiger partial charge in [0.15, 0.2) is 11.5 Å². The molecule has 0 unspecified atom stereocenters. The van der Waals surface area contributed by atoms with Crippen LogP contribution < -0.4 is 14.8 Å². The second kappa shape index (κ2) is 8.82. The number of methoxy groups -OCH3 is 1. The Bertz CT molecular complexity index is 934. The Morgan fingerprint density at radius 1 is 1.10 bits per heavy atom. The summed E-state index contributed by atoms with van der Waals surface area (Å²) in [4.78, 5) is 26.2. The van der Waals surface area contributed by atoms with E-state index in [0.29, 0.717) is 11.5 Å². The molecule has 1 heterocycles. The fourth-order valence-corrected chi connectivity index (χ4v) is 2.93. The molecule has 0 spiro atoms. The van der Waals surface area contributed by atoms with Gasteiger partial charge in [0, 0.05) is 0 Å². The molecule has 1 atom stereocenters. The molecule has 0 bridgehead atoms. The molecular formula is C23H26N2O4. The minimum absolute atomic E-state index is 0.0686. The number of carbonyl (C=O) groups is 2. The van der Waals surface area contributed by atoms with Crippen molar-refractivity contribution in [1.29, 1.82) is 0 Å². The Labute approximate surface area is 171 Å². The van der Waals surface area contributed by atoms with Crippen molar-refractivity contribution in [2.75, 3.05) is 7.11 Å². The number of nitrogens with one attached hydrogen (secondary N) is 1. The molecule has 3 rings (SSSR count). The summed E-state index contributed by atoms with van der Waals surface area (Å²) in [6.45, 7) is 6.26. The van der Waals surface area contributed by atoms with Gasteiger partial charge in [-0.15, -0.1) is 0 Å². The number of urea groups is 1. The molecule has 1 saturated heterocycles. The van der Waals surface area contributed by atoms with Crippen LogP contribution in [0.5, 0.6) is 11.5 Å². The number of benzene rings is 2. The van der Waals surface area contributed by atoms with Crippen LogP contribution >= 0.6 is 0 Å². The molecule has 6 nitrogen and oxygen atoms in total. The Hall–Kier alpha value is -3.28. The summed E-state index contributed by atoms with van der Waals surface area (Å²) in [6.07, 6.45) is 2.59. The van der Waals surface area contributed by atoms with Crippen molar-refractivity contribution in [3.63, 3.8) is 0 Å². The standard InChI is InChI=1S/C23H26N2O4/c1-5-16(3)29-20-11-10-18(13-21(20)28-4)12-19-22(26)25(23(27)24-19)14-17-8-6-15(2)7-9-17/h6-13,16H,5,14H2,1-4H3,(H,24,27)/b19-12+/t16-/m1/s1. The summed E-state index contributed by atoms with van der Waals surface area (Å²) in [7, 11) is 1.57. The second-order valence-electron chi connectivity index (χ2n) is 7.11. The Kier molecular flexibility index (Phi) is 6.22. The average Bonchev–Trinajstić information content (AvgIpc) is 2.97. The number of hydrogen-bond acceptors (Lipinski definition) is 4. The average molecular weight is 394 g/mol. The minimum Gasteiger partial charge on any atom is -0.493 e. The molecule has 1 N–H and O–H groups in total. The Morgan fingerprint density at radius 2 is 1.83 bits per heavy atom. The van der Waals surface area contributed by atoms with Crippen LogP contribution in [0.1, 0.15) is 37.0 Å². The molecule has 1 aliphatic rings. The van der Waals surface area contributed by atoms with Gasteiger partial charge in [-0.2, -0.15) is 0 Å². The molecule has 2 aromatic carbocycles. The first-order valence-electron chi connectivity index (χ1n) is 9.66. The highest BCUT2D eigenvalue weighted by Crippen LogP contribution is 2.30. The van der Waals surface area contributed by atoms with Crippen LogP contribution in [0.3, 0.4) is 0 Å². The lowest BCUT2D eigenvalue weighted by Crippen LogP contribution is -2.30. The SMILES string of the molecule is CC[C@@H](C)Oc1ccc(/C=C2/NC(=O)N(Cc3ccc(C)cc3)C2=O)cc1OC. The van der Waals surface area contributed by atoms with Crippen molar-refractivity contribution >= 4 is 18.0 Å². The summed E-state index contributed by atoms with van der Waals surface area (Å²) in [5.74, 6) is 0.870. The number of aryl methyl sites for hydroxylation is 1. The summed E-state index contributed by atoms with van der Waals surface area (Å²) >= 11 is 0. The van der Waals surface area contributed by atoms with E-state index in [-0.39, 0.29) is 24.3 Å². The van der Waals surface area contributed by atoms with Gasteiger partial charge in [-0.3, -0.25) is 9.69 Å². The lowest BCUT2D eigenvalue weighted by Gasteiger charge is -2.15. The van der Waals surface area contributed by atoms with Gasteiger partial charge >= 0.3 is 6.03 Å². The van der Waals surface area contributed by atoms with E-state index in [0.717, 1.165) is 23.1 Å². The van der Waals surface area contributed by atoms with Gasteiger partial charge in [-0.05, 0) is 49.6 Å². The summed E-state index contributed by atoms with van der Waals surface area (Å²) in [6, 6.07) is 12.7. The predicted octanol–water partition coefficient (Wildman–Crippen LogP) is 4.27. The van der Waals surface area contributed by atoms with E-state index in [1.165, 1.54) is 4.90 Å². The largest absolute Gasteiger partial charge is 0.493 e. The highest BCUT2D eigenvalue weighted by molar-refractivity contribution is 6.13. The zero-order chi connectivity index (χ0) is 21.0. The highest BCUT2D eigenvalue weighted by Gasteiger charge is 2.33. The molecule has 152 valence electrons. The number of rotatable bonds is 7. The molecule has 0 aromatic heterocycles. The van der Waals surface area contributed by atoms with Crippen LogP contribution in [0, 0.1) is 6.92 Å². The molecule has 2 aromatic rings. The first-order chi connectivity index (χ1) is 13.9. The zero-order valence-corrected chi connectivity index (χ0v) is 17.2. The van der Waals surface area contributed by atoms with Crippen LogP contribution in [0.2, 0.25) is 0 Å². The maximum absolute atomic E-state index is 12.7. The molecule has 1 aliphatic heterocycles. The van der Waals surface area contributed by atoms with Gasteiger partial charge in [0.1, 0.15) is 5.70 Å². The number of amides is 3. The van der Waals surface area contributed by atoms with Crippen LogP contribution in [0.4, 0.5) is 4.79 Å². The van der Waals surface area contributed by atoms with Gasteiger partial charge in [0.2, 0.25) is 0 Å². The van der Waals surface area contributed by atoms with Gasteiger partial charge in [0.25, 0.3) is 5.91 Å². The van der Waals surface area contributed by atoms with E-state index in [1.807, 2.05) is 57.2 Å². The van der Waals surface area contributed by atoms with Crippen molar-refractivity contribution in [1.82, 2.24) is 10.2 Å². The van der Waals surface area contributed by atoms with Crippen LogP contribution in [0.15, 0.2) is 48.2 Å². The Balaban J connectivity index is 1.79. The first-order valence-corrected chi connectivity index (χ1v) is 9.66. The van der Waals surface area contributed by atoms with E-state index in [1.54, 1.807) is 19.3 Å². The molecule has 29 heavy (non-hydrogen) atoms. The number of hydrogen-bond donors (Lipinski definition) is 1. The minimum atomic E-state index is -0.425. The van der Waals surface area contributed by atoms with E-state index in [2.05, 4.69) is 5.32 Å². The van der Waals surface area contributed by atoms with Crippen LogP contribution in [-0.4, -0.2) is 30.1 Å². The van der Waals surface area contributed by atoms with Gasteiger partial charge < -0.3 is 14.8 Å². The lowest BCUT2D eigenvalue weighted by molar-refractivity contribution is -0.123. The molecule has 0 radical (unpaired) electrons. The van der Waals surface area contributed by atoms with Crippen molar-refractivity contribution in [2.24, 2.45) is 0 Å². The van der Waals surface area contributed by atoms with Crippen molar-refractivity contribution in [3.05, 3.63) is 64.9 Å². The summed E-state index contributed by atoms with van der Waals surface area (Å²) in [5, 5.41) is 2.65. The molecule has 1 fully saturated rings. The Morgan fingerprint density at radius 3 is 2.48 bits per heavy atom. The summed E-state index contributed by atoms with van der Waals surface area (Å²) < 4.78 is 11.3. The molecule has 6 heteroatoms. The number of carbonyl (C=O) groups excluding carboxylic acids is 2. The van der Waals surface area contributed by atoms with Crippen molar-refractivity contribution < 1.29 is 19.1 Å². The molecular weight excluding hydrogens is 368 g/mol. The van der Waals surface area contributed by atoms with E-state index in [9.17, 15) is 9.59 Å². The lowest BCUT2D eigenvalue weighted by atomic mass is 10.1. The van der Waals surface area contributed by atoms with Gasteiger partial charge in [0.05, 0.1) is 19.8 Å². The zero-order valence-electron chi connectivity index (χ0n) is 17.2.